The lowest BCUT2D eigenvalue weighted by Gasteiger charge is -2.13. The van der Waals surface area contributed by atoms with Crippen LogP contribution in [0.3, 0.4) is 0 Å². The molecule has 0 aromatic carbocycles. The van der Waals surface area contributed by atoms with Crippen molar-refractivity contribution in [2.45, 2.75) is 12.8 Å². The highest BCUT2D eigenvalue weighted by Gasteiger charge is 2.02. The Hall–Kier alpha value is -1.03. The normalized spacial score (nSPS) is 16.2. The molecule has 74 valence electrons. The molecule has 0 unspecified atom stereocenters. The summed E-state index contributed by atoms with van der Waals surface area (Å²) in [7, 11) is 1.62. The highest BCUT2D eigenvalue weighted by molar-refractivity contribution is 5.73. The standard InChI is InChI=1S/C9H17N3O/c1-10-9(13)12-7-4-8-2-5-11-6-3-8/h2,11H,3-7H2,1H3,(H2,10,12,13). The van der Waals surface area contributed by atoms with Gasteiger partial charge in [-0.15, -0.1) is 0 Å². The summed E-state index contributed by atoms with van der Waals surface area (Å²) in [6.45, 7) is 2.76. The number of nitrogens with one attached hydrogen (secondary N) is 3. The zero-order chi connectivity index (χ0) is 9.52. The minimum Gasteiger partial charge on any atom is -0.341 e. The van der Waals surface area contributed by atoms with Gasteiger partial charge in [-0.25, -0.2) is 4.79 Å². The fourth-order valence-electron chi connectivity index (χ4n) is 1.32. The van der Waals surface area contributed by atoms with E-state index in [4.69, 9.17) is 0 Å². The van der Waals surface area contributed by atoms with Crippen molar-refractivity contribution >= 4 is 6.03 Å². The Morgan fingerprint density at radius 2 is 2.54 bits per heavy atom. The van der Waals surface area contributed by atoms with Crippen molar-refractivity contribution in [2.24, 2.45) is 0 Å². The van der Waals surface area contributed by atoms with Crippen molar-refractivity contribution in [3.63, 3.8) is 0 Å². The van der Waals surface area contributed by atoms with Crippen LogP contribution >= 0.6 is 0 Å². The lowest BCUT2D eigenvalue weighted by Crippen LogP contribution is -2.33. The van der Waals surface area contributed by atoms with Crippen LogP contribution in [0.25, 0.3) is 0 Å². The van der Waals surface area contributed by atoms with Crippen LogP contribution in [0.5, 0.6) is 0 Å². The Morgan fingerprint density at radius 1 is 1.69 bits per heavy atom. The molecule has 13 heavy (non-hydrogen) atoms. The monoisotopic (exact) mass is 183 g/mol. The molecular weight excluding hydrogens is 166 g/mol. The molecule has 0 saturated heterocycles. The van der Waals surface area contributed by atoms with Gasteiger partial charge in [0.25, 0.3) is 0 Å². The lowest BCUT2D eigenvalue weighted by molar-refractivity contribution is 0.243. The van der Waals surface area contributed by atoms with Crippen molar-refractivity contribution in [1.82, 2.24) is 16.0 Å². The third kappa shape index (κ3) is 3.94. The van der Waals surface area contributed by atoms with E-state index in [-0.39, 0.29) is 6.03 Å². The van der Waals surface area contributed by atoms with E-state index in [0.29, 0.717) is 0 Å². The first-order chi connectivity index (χ1) is 6.33. The molecule has 1 aliphatic rings. The molecule has 0 spiro atoms. The van der Waals surface area contributed by atoms with Crippen molar-refractivity contribution in [1.29, 1.82) is 0 Å². The van der Waals surface area contributed by atoms with Crippen LogP contribution in [0, 0.1) is 0 Å². The van der Waals surface area contributed by atoms with Gasteiger partial charge in [0.05, 0.1) is 0 Å². The molecule has 0 aliphatic carbocycles. The average Bonchev–Trinajstić information content (AvgIpc) is 2.19. The van der Waals surface area contributed by atoms with E-state index >= 15 is 0 Å². The smallest absolute Gasteiger partial charge is 0.314 e. The summed E-state index contributed by atoms with van der Waals surface area (Å²) in [6.07, 6.45) is 4.28. The van der Waals surface area contributed by atoms with E-state index in [1.54, 1.807) is 7.05 Å². The van der Waals surface area contributed by atoms with Crippen molar-refractivity contribution < 1.29 is 4.79 Å². The summed E-state index contributed by atoms with van der Waals surface area (Å²) in [6, 6.07) is -0.102. The van der Waals surface area contributed by atoms with Crippen LogP contribution in [0.4, 0.5) is 4.79 Å². The molecule has 1 heterocycles. The van der Waals surface area contributed by atoms with Crippen LogP contribution in [-0.2, 0) is 0 Å². The van der Waals surface area contributed by atoms with Gasteiger partial charge in [-0.2, -0.15) is 0 Å². The second-order valence-corrected chi connectivity index (χ2v) is 3.07. The molecule has 4 heteroatoms. The fraction of sp³-hybridized carbons (Fsp3) is 0.667. The Kier molecular flexibility index (Phi) is 4.32. The first-order valence-electron chi connectivity index (χ1n) is 4.67. The van der Waals surface area contributed by atoms with Crippen LogP contribution in [0.2, 0.25) is 0 Å². The topological polar surface area (TPSA) is 53.2 Å². The van der Waals surface area contributed by atoms with Gasteiger partial charge in [0.15, 0.2) is 0 Å². The van der Waals surface area contributed by atoms with Gasteiger partial charge < -0.3 is 16.0 Å². The summed E-state index contributed by atoms with van der Waals surface area (Å²) in [5.41, 5.74) is 1.44. The van der Waals surface area contributed by atoms with Crippen LogP contribution in [-0.4, -0.2) is 32.7 Å². The highest BCUT2D eigenvalue weighted by atomic mass is 16.2. The molecule has 0 bridgehead atoms. The molecule has 2 amide bonds. The van der Waals surface area contributed by atoms with Crippen molar-refractivity contribution in [3.05, 3.63) is 11.6 Å². The van der Waals surface area contributed by atoms with Gasteiger partial charge in [-0.3, -0.25) is 0 Å². The summed E-state index contributed by atoms with van der Waals surface area (Å²) in [5.74, 6) is 0. The van der Waals surface area contributed by atoms with Gasteiger partial charge >= 0.3 is 6.03 Å². The Balaban J connectivity index is 2.11. The van der Waals surface area contributed by atoms with E-state index in [2.05, 4.69) is 22.0 Å². The molecule has 3 N–H and O–H groups in total. The highest BCUT2D eigenvalue weighted by Crippen LogP contribution is 2.07. The number of carbonyl (C=O) groups excluding carboxylic acids is 1. The maximum absolute atomic E-state index is 10.8. The molecule has 0 radical (unpaired) electrons. The Labute approximate surface area is 78.8 Å². The predicted octanol–water partition coefficient (Wildman–Crippen LogP) is 0.225. The van der Waals surface area contributed by atoms with E-state index in [9.17, 15) is 4.79 Å². The zero-order valence-electron chi connectivity index (χ0n) is 8.02. The van der Waals surface area contributed by atoms with E-state index in [1.165, 1.54) is 5.57 Å². The van der Waals surface area contributed by atoms with E-state index in [0.717, 1.165) is 32.5 Å². The molecule has 4 nitrogen and oxygen atoms in total. The molecule has 0 aromatic heterocycles. The number of amides is 2. The number of carbonyl (C=O) groups is 1. The van der Waals surface area contributed by atoms with Crippen LogP contribution in [0.15, 0.2) is 11.6 Å². The summed E-state index contributed by atoms with van der Waals surface area (Å²) in [4.78, 5) is 10.8. The van der Waals surface area contributed by atoms with E-state index in [1.807, 2.05) is 0 Å². The average molecular weight is 183 g/mol. The molecule has 0 atom stereocenters. The third-order valence-electron chi connectivity index (χ3n) is 2.12. The van der Waals surface area contributed by atoms with Crippen molar-refractivity contribution in [3.8, 4) is 0 Å². The molecular formula is C9H17N3O. The van der Waals surface area contributed by atoms with Gasteiger partial charge in [0.1, 0.15) is 0 Å². The van der Waals surface area contributed by atoms with Gasteiger partial charge in [-0.05, 0) is 19.4 Å². The fourth-order valence-corrected chi connectivity index (χ4v) is 1.32. The van der Waals surface area contributed by atoms with Crippen molar-refractivity contribution in [2.75, 3.05) is 26.7 Å². The molecule has 1 rings (SSSR count). The maximum Gasteiger partial charge on any atom is 0.314 e. The summed E-state index contributed by atoms with van der Waals surface area (Å²) >= 11 is 0. The molecule has 0 saturated carbocycles. The zero-order valence-corrected chi connectivity index (χ0v) is 8.02. The van der Waals surface area contributed by atoms with Crippen LogP contribution in [0.1, 0.15) is 12.8 Å². The third-order valence-corrected chi connectivity index (χ3v) is 2.12. The molecule has 1 aliphatic heterocycles. The predicted molar refractivity (Wildman–Crippen MR) is 52.6 cm³/mol. The number of rotatable bonds is 3. The number of urea groups is 1. The summed E-state index contributed by atoms with van der Waals surface area (Å²) in [5, 5.41) is 8.54. The van der Waals surface area contributed by atoms with Gasteiger partial charge in [0.2, 0.25) is 0 Å². The second kappa shape index (κ2) is 5.59. The lowest BCUT2D eigenvalue weighted by atomic mass is 10.1. The maximum atomic E-state index is 10.8. The second-order valence-electron chi connectivity index (χ2n) is 3.07. The van der Waals surface area contributed by atoms with Gasteiger partial charge in [0, 0.05) is 20.1 Å². The number of hydrogen-bond acceptors (Lipinski definition) is 2. The van der Waals surface area contributed by atoms with E-state index < -0.39 is 0 Å². The molecule has 0 aromatic rings. The first-order valence-corrected chi connectivity index (χ1v) is 4.67. The Morgan fingerprint density at radius 3 is 3.15 bits per heavy atom. The number of hydrogen-bond donors (Lipinski definition) is 3. The summed E-state index contributed by atoms with van der Waals surface area (Å²) < 4.78 is 0. The van der Waals surface area contributed by atoms with Gasteiger partial charge in [-0.1, -0.05) is 11.6 Å². The Bertz CT molecular complexity index is 201. The molecule has 0 fully saturated rings. The minimum atomic E-state index is -0.102. The largest absolute Gasteiger partial charge is 0.341 e. The first kappa shape index (κ1) is 10.1. The van der Waals surface area contributed by atoms with Crippen LogP contribution < -0.4 is 16.0 Å². The SMILES string of the molecule is CNC(=O)NCCC1=CCNCC1. The quantitative estimate of drug-likeness (QED) is 0.548. The minimum absolute atomic E-state index is 0.102.